The fourth-order valence-electron chi connectivity index (χ4n) is 2.31. The van der Waals surface area contributed by atoms with Gasteiger partial charge in [0.05, 0.1) is 11.9 Å². The van der Waals surface area contributed by atoms with Crippen LogP contribution in [0.3, 0.4) is 0 Å². The Morgan fingerprint density at radius 1 is 1.58 bits per heavy atom. The van der Waals surface area contributed by atoms with E-state index in [1.54, 1.807) is 6.07 Å². The summed E-state index contributed by atoms with van der Waals surface area (Å²) < 4.78 is 12.8. The van der Waals surface area contributed by atoms with E-state index in [2.05, 4.69) is 28.6 Å². The molecule has 1 aromatic rings. The second-order valence-corrected chi connectivity index (χ2v) is 6.41. The Morgan fingerprint density at radius 3 is 3.11 bits per heavy atom. The first kappa shape index (κ1) is 14.8. The lowest BCUT2D eigenvalue weighted by Gasteiger charge is -2.32. The van der Waals surface area contributed by atoms with Gasteiger partial charge in [-0.05, 0) is 25.0 Å². The summed E-state index contributed by atoms with van der Waals surface area (Å²) in [5.41, 5.74) is 6.89. The molecular formula is C14H22FN3S. The van der Waals surface area contributed by atoms with Gasteiger partial charge in [0.1, 0.15) is 5.82 Å². The average Bonchev–Trinajstić information content (AvgIpc) is 2.46. The van der Waals surface area contributed by atoms with Crippen LogP contribution in [0.25, 0.3) is 0 Å². The van der Waals surface area contributed by atoms with Crippen molar-refractivity contribution in [2.75, 3.05) is 25.4 Å². The molecule has 1 aromatic heterocycles. The Balaban J connectivity index is 1.79. The average molecular weight is 283 g/mol. The maximum Gasteiger partial charge on any atom is 0.141 e. The predicted molar refractivity (Wildman–Crippen MR) is 78.7 cm³/mol. The van der Waals surface area contributed by atoms with Gasteiger partial charge < -0.3 is 10.6 Å². The van der Waals surface area contributed by atoms with Crippen molar-refractivity contribution >= 4 is 11.8 Å². The largest absolute Gasteiger partial charge is 0.323 e. The quantitative estimate of drug-likeness (QED) is 0.901. The molecule has 0 saturated carbocycles. The number of hydrogen-bond donors (Lipinski definition) is 1. The van der Waals surface area contributed by atoms with Gasteiger partial charge >= 0.3 is 0 Å². The lowest BCUT2D eigenvalue weighted by molar-refractivity contribution is 0.269. The summed E-state index contributed by atoms with van der Waals surface area (Å²) in [5.74, 6) is 0.900. The third kappa shape index (κ3) is 4.44. The third-order valence-corrected chi connectivity index (χ3v) is 4.94. The zero-order chi connectivity index (χ0) is 13.7. The fraction of sp³-hybridized carbons (Fsp3) is 0.643. The van der Waals surface area contributed by atoms with Crippen molar-refractivity contribution in [2.24, 2.45) is 5.73 Å². The first-order valence-electron chi connectivity index (χ1n) is 6.90. The number of thioether (sulfide) groups is 1. The molecule has 1 aliphatic heterocycles. The van der Waals surface area contributed by atoms with Crippen LogP contribution in [-0.4, -0.2) is 40.5 Å². The Morgan fingerprint density at radius 2 is 2.42 bits per heavy atom. The van der Waals surface area contributed by atoms with Gasteiger partial charge in [0, 0.05) is 36.7 Å². The van der Waals surface area contributed by atoms with Crippen molar-refractivity contribution in [3.05, 3.63) is 29.8 Å². The van der Waals surface area contributed by atoms with Gasteiger partial charge in [-0.2, -0.15) is 11.8 Å². The molecule has 0 aromatic carbocycles. The Labute approximate surface area is 118 Å². The van der Waals surface area contributed by atoms with E-state index in [1.807, 2.05) is 0 Å². The minimum Gasteiger partial charge on any atom is -0.323 e. The fourth-order valence-corrected chi connectivity index (χ4v) is 3.56. The van der Waals surface area contributed by atoms with Gasteiger partial charge in [0.25, 0.3) is 0 Å². The summed E-state index contributed by atoms with van der Waals surface area (Å²) in [7, 11) is 0. The van der Waals surface area contributed by atoms with Crippen molar-refractivity contribution < 1.29 is 4.39 Å². The van der Waals surface area contributed by atoms with Crippen LogP contribution in [0, 0.1) is 5.82 Å². The van der Waals surface area contributed by atoms with Crippen LogP contribution in [0.2, 0.25) is 0 Å². The van der Waals surface area contributed by atoms with E-state index in [0.717, 1.165) is 37.0 Å². The molecule has 0 amide bonds. The Hall–Kier alpha value is -0.650. The molecule has 2 heterocycles. The molecule has 1 fully saturated rings. The molecular weight excluding hydrogens is 261 g/mol. The van der Waals surface area contributed by atoms with Crippen LogP contribution in [-0.2, 0) is 0 Å². The van der Waals surface area contributed by atoms with Gasteiger partial charge in [0.15, 0.2) is 0 Å². The zero-order valence-electron chi connectivity index (χ0n) is 11.4. The molecule has 0 spiro atoms. The molecule has 0 bridgehead atoms. The van der Waals surface area contributed by atoms with Crippen LogP contribution in [0.5, 0.6) is 0 Å². The summed E-state index contributed by atoms with van der Waals surface area (Å²) in [6.07, 6.45) is 3.34. The van der Waals surface area contributed by atoms with Crippen LogP contribution in [0.1, 0.15) is 31.5 Å². The lowest BCUT2D eigenvalue weighted by atomic mass is 10.1. The van der Waals surface area contributed by atoms with E-state index in [9.17, 15) is 4.39 Å². The minimum atomic E-state index is -0.310. The Bertz CT molecular complexity index is 385. The molecule has 5 heteroatoms. The molecule has 2 unspecified atom stereocenters. The van der Waals surface area contributed by atoms with Crippen LogP contribution in [0.4, 0.5) is 4.39 Å². The molecule has 0 radical (unpaired) electrons. The number of pyridine rings is 1. The molecule has 2 rings (SSSR count). The smallest absolute Gasteiger partial charge is 0.141 e. The number of hydrogen-bond acceptors (Lipinski definition) is 4. The normalized spacial score (nSPS) is 22.4. The van der Waals surface area contributed by atoms with Gasteiger partial charge in [0.2, 0.25) is 0 Å². The first-order chi connectivity index (χ1) is 9.19. The molecule has 106 valence electrons. The first-order valence-corrected chi connectivity index (χ1v) is 7.95. The van der Waals surface area contributed by atoms with Crippen molar-refractivity contribution in [1.29, 1.82) is 0 Å². The monoisotopic (exact) mass is 283 g/mol. The van der Waals surface area contributed by atoms with Crippen molar-refractivity contribution in [1.82, 2.24) is 9.88 Å². The number of aromatic nitrogens is 1. The number of halogens is 1. The molecule has 2 N–H and O–H groups in total. The highest BCUT2D eigenvalue weighted by Crippen LogP contribution is 2.22. The van der Waals surface area contributed by atoms with Crippen molar-refractivity contribution in [3.8, 4) is 0 Å². The van der Waals surface area contributed by atoms with Crippen molar-refractivity contribution in [2.45, 2.75) is 31.1 Å². The standard InChI is InChI=1S/C14H22FN3S/c1-2-12-10-18(7-8-19-12)6-5-13(16)14-4-3-11(15)9-17-14/h3-4,9,12-13H,2,5-8,10,16H2,1H3. The highest BCUT2D eigenvalue weighted by molar-refractivity contribution is 8.00. The second kappa shape index (κ2) is 7.22. The number of rotatable bonds is 5. The summed E-state index contributed by atoms with van der Waals surface area (Å²) in [4.78, 5) is 6.53. The summed E-state index contributed by atoms with van der Waals surface area (Å²) in [6.45, 7) is 5.54. The van der Waals surface area contributed by atoms with Crippen molar-refractivity contribution in [3.63, 3.8) is 0 Å². The molecule has 2 atom stereocenters. The molecule has 1 saturated heterocycles. The maximum absolute atomic E-state index is 12.8. The maximum atomic E-state index is 12.8. The predicted octanol–water partition coefficient (Wildman–Crippen LogP) is 2.44. The lowest BCUT2D eigenvalue weighted by Crippen LogP contribution is -2.39. The zero-order valence-corrected chi connectivity index (χ0v) is 12.2. The third-order valence-electron chi connectivity index (χ3n) is 3.56. The van der Waals surface area contributed by atoms with E-state index < -0.39 is 0 Å². The van der Waals surface area contributed by atoms with E-state index in [4.69, 9.17) is 5.73 Å². The van der Waals surface area contributed by atoms with Gasteiger partial charge in [-0.15, -0.1) is 0 Å². The topological polar surface area (TPSA) is 42.1 Å². The molecule has 0 aliphatic carbocycles. The summed E-state index contributed by atoms with van der Waals surface area (Å²) in [6, 6.07) is 3.00. The van der Waals surface area contributed by atoms with Gasteiger partial charge in [-0.25, -0.2) is 4.39 Å². The summed E-state index contributed by atoms with van der Waals surface area (Å²) >= 11 is 2.07. The van der Waals surface area contributed by atoms with Crippen LogP contribution >= 0.6 is 11.8 Å². The second-order valence-electron chi connectivity index (χ2n) is 5.00. The minimum absolute atomic E-state index is 0.102. The summed E-state index contributed by atoms with van der Waals surface area (Å²) in [5, 5.41) is 0.758. The van der Waals surface area contributed by atoms with E-state index in [-0.39, 0.29) is 11.9 Å². The van der Waals surface area contributed by atoms with Gasteiger partial charge in [-0.3, -0.25) is 4.98 Å². The SMILES string of the molecule is CCC1CN(CCC(N)c2ccc(F)cn2)CCS1. The van der Waals surface area contributed by atoms with E-state index in [0.29, 0.717) is 0 Å². The van der Waals surface area contributed by atoms with Crippen LogP contribution in [0.15, 0.2) is 18.3 Å². The van der Waals surface area contributed by atoms with Crippen LogP contribution < -0.4 is 5.73 Å². The number of nitrogens with two attached hydrogens (primary N) is 1. The molecule has 3 nitrogen and oxygen atoms in total. The highest BCUT2D eigenvalue weighted by atomic mass is 32.2. The molecule has 1 aliphatic rings. The molecule has 19 heavy (non-hydrogen) atoms. The van der Waals surface area contributed by atoms with Gasteiger partial charge in [-0.1, -0.05) is 6.92 Å². The highest BCUT2D eigenvalue weighted by Gasteiger charge is 2.19. The number of nitrogens with zero attached hydrogens (tertiary/aromatic N) is 2. The van der Waals surface area contributed by atoms with E-state index in [1.165, 1.54) is 24.4 Å². The Kier molecular flexibility index (Phi) is 5.60. The van der Waals surface area contributed by atoms with E-state index >= 15 is 0 Å².